The van der Waals surface area contributed by atoms with Crippen molar-refractivity contribution < 1.29 is 13.5 Å². The number of rotatable bonds is 3. The quantitative estimate of drug-likeness (QED) is 0.809. The van der Waals surface area contributed by atoms with Gasteiger partial charge in [0.1, 0.15) is 5.82 Å². The number of methoxy groups -OCH3 is 1. The van der Waals surface area contributed by atoms with E-state index in [1.165, 1.54) is 6.07 Å². The van der Waals surface area contributed by atoms with E-state index in [0.29, 0.717) is 11.5 Å². The minimum absolute atomic E-state index is 0.0227. The van der Waals surface area contributed by atoms with Gasteiger partial charge in [0.2, 0.25) is 6.23 Å². The van der Waals surface area contributed by atoms with Crippen molar-refractivity contribution in [1.29, 1.82) is 0 Å². The zero-order chi connectivity index (χ0) is 11.6. The zero-order valence-electron chi connectivity index (χ0n) is 8.28. The molecular formula is C8H11F2N3O2. The number of anilines is 1. The van der Waals surface area contributed by atoms with Crippen molar-refractivity contribution in [1.82, 2.24) is 9.55 Å². The van der Waals surface area contributed by atoms with E-state index in [0.717, 1.165) is 13.3 Å². The average molecular weight is 219 g/mol. The maximum absolute atomic E-state index is 13.0. The highest BCUT2D eigenvalue weighted by Gasteiger charge is 2.36. The second-order valence-electron chi connectivity index (χ2n) is 3.09. The van der Waals surface area contributed by atoms with Crippen molar-refractivity contribution in [3.8, 4) is 0 Å². The van der Waals surface area contributed by atoms with E-state index in [9.17, 15) is 13.6 Å². The number of nitrogen functional groups attached to an aromatic ring is 1. The molecule has 1 unspecified atom stereocenters. The standard InChI is InChI=1S/C8H11F2N3O2/c1-8(9,10)6(15-2)13-4-3-5(11)12-7(13)14/h3-4,6H,1-2H3,(H2,11,12,14). The summed E-state index contributed by atoms with van der Waals surface area (Å²) in [7, 11) is 1.09. The van der Waals surface area contributed by atoms with Crippen LogP contribution in [-0.4, -0.2) is 22.6 Å². The second kappa shape index (κ2) is 3.93. The summed E-state index contributed by atoms with van der Waals surface area (Å²) >= 11 is 0. The minimum atomic E-state index is -3.18. The van der Waals surface area contributed by atoms with Gasteiger partial charge < -0.3 is 10.5 Å². The molecule has 1 atom stereocenters. The summed E-state index contributed by atoms with van der Waals surface area (Å²) in [5.41, 5.74) is 4.35. The average Bonchev–Trinajstić information content (AvgIpc) is 2.07. The Balaban J connectivity index is 3.20. The summed E-state index contributed by atoms with van der Waals surface area (Å²) in [4.78, 5) is 14.6. The van der Waals surface area contributed by atoms with Gasteiger partial charge in [-0.1, -0.05) is 0 Å². The molecule has 1 heterocycles. The molecule has 0 spiro atoms. The van der Waals surface area contributed by atoms with Crippen LogP contribution in [0.5, 0.6) is 0 Å². The molecule has 0 aliphatic heterocycles. The van der Waals surface area contributed by atoms with Crippen LogP contribution in [0.4, 0.5) is 14.6 Å². The van der Waals surface area contributed by atoms with Gasteiger partial charge in [0.05, 0.1) is 0 Å². The van der Waals surface area contributed by atoms with E-state index in [2.05, 4.69) is 9.72 Å². The Labute approximate surface area is 84.5 Å². The number of hydrogen-bond donors (Lipinski definition) is 1. The molecule has 1 aromatic rings. The fourth-order valence-corrected chi connectivity index (χ4v) is 1.17. The van der Waals surface area contributed by atoms with E-state index in [-0.39, 0.29) is 5.82 Å². The molecule has 0 saturated carbocycles. The molecule has 0 aliphatic rings. The Morgan fingerprint density at radius 1 is 1.67 bits per heavy atom. The highest BCUT2D eigenvalue weighted by Crippen LogP contribution is 2.27. The second-order valence-corrected chi connectivity index (χ2v) is 3.09. The number of aromatic nitrogens is 2. The Bertz CT molecular complexity index is 400. The van der Waals surface area contributed by atoms with Gasteiger partial charge in [0.15, 0.2) is 0 Å². The Morgan fingerprint density at radius 2 is 2.27 bits per heavy atom. The number of hydrogen-bond acceptors (Lipinski definition) is 4. The van der Waals surface area contributed by atoms with Crippen molar-refractivity contribution in [2.75, 3.05) is 12.8 Å². The van der Waals surface area contributed by atoms with Gasteiger partial charge in [-0.15, -0.1) is 0 Å². The highest BCUT2D eigenvalue weighted by molar-refractivity contribution is 5.23. The van der Waals surface area contributed by atoms with Crippen LogP contribution in [0.1, 0.15) is 13.2 Å². The third-order valence-corrected chi connectivity index (χ3v) is 1.76. The van der Waals surface area contributed by atoms with Crippen molar-refractivity contribution in [3.05, 3.63) is 22.7 Å². The molecule has 0 bridgehead atoms. The summed E-state index contributed by atoms with van der Waals surface area (Å²) in [6.45, 7) is 0.657. The van der Waals surface area contributed by atoms with Gasteiger partial charge in [-0.25, -0.2) is 13.6 Å². The normalized spacial score (nSPS) is 13.9. The number of ether oxygens (including phenoxy) is 1. The predicted octanol–water partition coefficient (Wildman–Crippen LogP) is 0.626. The highest BCUT2D eigenvalue weighted by atomic mass is 19.3. The van der Waals surface area contributed by atoms with E-state index in [1.807, 2.05) is 0 Å². The molecule has 84 valence electrons. The fourth-order valence-electron chi connectivity index (χ4n) is 1.17. The first-order valence-electron chi connectivity index (χ1n) is 4.11. The fraction of sp³-hybridized carbons (Fsp3) is 0.500. The lowest BCUT2D eigenvalue weighted by molar-refractivity contribution is -0.150. The molecule has 5 nitrogen and oxygen atoms in total. The summed E-state index contributed by atoms with van der Waals surface area (Å²) in [5.74, 6) is -3.21. The SMILES string of the molecule is COC(n1ccc(N)nc1=O)C(C)(F)F. The van der Waals surface area contributed by atoms with Crippen LogP contribution in [-0.2, 0) is 4.74 Å². The summed E-state index contributed by atoms with van der Waals surface area (Å²) < 4.78 is 31.3. The first-order valence-corrected chi connectivity index (χ1v) is 4.11. The molecule has 15 heavy (non-hydrogen) atoms. The van der Waals surface area contributed by atoms with Crippen LogP contribution in [0, 0.1) is 0 Å². The van der Waals surface area contributed by atoms with E-state index in [4.69, 9.17) is 5.73 Å². The molecular weight excluding hydrogens is 208 g/mol. The molecule has 1 rings (SSSR count). The maximum Gasteiger partial charge on any atom is 0.351 e. The summed E-state index contributed by atoms with van der Waals surface area (Å²) in [6.07, 6.45) is -0.561. The van der Waals surface area contributed by atoms with Gasteiger partial charge in [-0.3, -0.25) is 4.57 Å². The molecule has 1 aromatic heterocycles. The first kappa shape index (κ1) is 11.6. The largest absolute Gasteiger partial charge is 0.383 e. The van der Waals surface area contributed by atoms with Crippen LogP contribution < -0.4 is 11.4 Å². The van der Waals surface area contributed by atoms with Crippen LogP contribution in [0.3, 0.4) is 0 Å². The number of alkyl halides is 2. The molecule has 0 aromatic carbocycles. The van der Waals surface area contributed by atoms with E-state index >= 15 is 0 Å². The van der Waals surface area contributed by atoms with Crippen LogP contribution in [0.2, 0.25) is 0 Å². The summed E-state index contributed by atoms with van der Waals surface area (Å²) in [6, 6.07) is 1.25. The Hall–Kier alpha value is -1.50. The zero-order valence-corrected chi connectivity index (χ0v) is 8.28. The maximum atomic E-state index is 13.0. The van der Waals surface area contributed by atoms with E-state index < -0.39 is 17.8 Å². The molecule has 7 heteroatoms. The number of halogens is 2. The third-order valence-electron chi connectivity index (χ3n) is 1.76. The topological polar surface area (TPSA) is 70.1 Å². The molecule has 0 radical (unpaired) electrons. The molecule has 2 N–H and O–H groups in total. The third kappa shape index (κ3) is 2.50. The molecule has 0 fully saturated rings. The van der Waals surface area contributed by atoms with Crippen molar-refractivity contribution in [3.63, 3.8) is 0 Å². The lowest BCUT2D eigenvalue weighted by Crippen LogP contribution is -2.37. The predicted molar refractivity (Wildman–Crippen MR) is 49.6 cm³/mol. The van der Waals surface area contributed by atoms with Crippen molar-refractivity contribution >= 4 is 5.82 Å². The van der Waals surface area contributed by atoms with Gasteiger partial charge in [-0.05, 0) is 6.07 Å². The van der Waals surface area contributed by atoms with Crippen LogP contribution in [0.25, 0.3) is 0 Å². The first-order chi connectivity index (χ1) is 6.86. The van der Waals surface area contributed by atoms with Crippen LogP contribution in [0.15, 0.2) is 17.1 Å². The Kier molecular flexibility index (Phi) is 3.04. The lowest BCUT2D eigenvalue weighted by atomic mass is 10.3. The van der Waals surface area contributed by atoms with Crippen LogP contribution >= 0.6 is 0 Å². The van der Waals surface area contributed by atoms with Gasteiger partial charge in [-0.2, -0.15) is 4.98 Å². The molecule has 0 aliphatic carbocycles. The number of nitrogens with zero attached hydrogens (tertiary/aromatic N) is 2. The minimum Gasteiger partial charge on any atom is -0.383 e. The van der Waals surface area contributed by atoms with Gasteiger partial charge >= 0.3 is 5.69 Å². The molecule has 0 amide bonds. The van der Waals surface area contributed by atoms with Crippen molar-refractivity contribution in [2.45, 2.75) is 19.1 Å². The van der Waals surface area contributed by atoms with Crippen molar-refractivity contribution in [2.24, 2.45) is 0 Å². The Morgan fingerprint density at radius 3 is 2.67 bits per heavy atom. The number of nitrogens with two attached hydrogens (primary N) is 1. The van der Waals surface area contributed by atoms with Gasteiger partial charge in [0.25, 0.3) is 5.92 Å². The van der Waals surface area contributed by atoms with Gasteiger partial charge in [0, 0.05) is 20.2 Å². The molecule has 0 saturated heterocycles. The summed E-state index contributed by atoms with van der Waals surface area (Å²) in [5, 5.41) is 0. The van der Waals surface area contributed by atoms with E-state index in [1.54, 1.807) is 0 Å². The monoisotopic (exact) mass is 219 g/mol. The lowest BCUT2D eigenvalue weighted by Gasteiger charge is -2.23. The smallest absolute Gasteiger partial charge is 0.351 e.